The second-order valence-electron chi connectivity index (χ2n) is 9.44. The molecule has 2 fully saturated rings. The molecule has 4 N–H and O–H groups in total. The van der Waals surface area contributed by atoms with E-state index in [0.717, 1.165) is 32.1 Å². The zero-order valence-electron chi connectivity index (χ0n) is 15.3. The van der Waals surface area contributed by atoms with E-state index < -0.39 is 11.5 Å². The Labute approximate surface area is 145 Å². The molecule has 24 heavy (non-hydrogen) atoms. The van der Waals surface area contributed by atoms with Crippen LogP contribution in [0.3, 0.4) is 0 Å². The molecule has 3 aliphatic carbocycles. The Morgan fingerprint density at radius 2 is 1.88 bits per heavy atom. The number of fused-ring (bicyclic) bond motifs is 3. The first-order valence-corrected chi connectivity index (χ1v) is 9.48. The molecule has 0 aliphatic heterocycles. The van der Waals surface area contributed by atoms with Gasteiger partial charge in [0.15, 0.2) is 0 Å². The molecule has 0 unspecified atom stereocenters. The molecule has 0 aromatic carbocycles. The van der Waals surface area contributed by atoms with Gasteiger partial charge in [-0.3, -0.25) is 0 Å². The molecule has 0 aromatic heterocycles. The summed E-state index contributed by atoms with van der Waals surface area (Å²) in [5.41, 5.74) is 0.863. The van der Waals surface area contributed by atoms with E-state index in [2.05, 4.69) is 26.8 Å². The van der Waals surface area contributed by atoms with Gasteiger partial charge in [0.05, 0.1) is 25.4 Å². The van der Waals surface area contributed by atoms with Gasteiger partial charge < -0.3 is 20.4 Å². The highest BCUT2D eigenvalue weighted by Crippen LogP contribution is 2.63. The lowest BCUT2D eigenvalue weighted by Crippen LogP contribution is -2.56. The quantitative estimate of drug-likeness (QED) is 0.595. The molecule has 0 aromatic rings. The Morgan fingerprint density at radius 3 is 2.50 bits per heavy atom. The van der Waals surface area contributed by atoms with Crippen molar-refractivity contribution in [1.82, 2.24) is 0 Å². The van der Waals surface area contributed by atoms with Crippen LogP contribution in [0.2, 0.25) is 0 Å². The van der Waals surface area contributed by atoms with E-state index in [9.17, 15) is 20.4 Å². The van der Waals surface area contributed by atoms with Crippen molar-refractivity contribution in [1.29, 1.82) is 0 Å². The minimum atomic E-state index is -0.862. The molecule has 0 heterocycles. The molecule has 6 atom stereocenters. The minimum absolute atomic E-state index is 0.0782. The van der Waals surface area contributed by atoms with Crippen LogP contribution in [0.25, 0.3) is 0 Å². The Kier molecular flexibility index (Phi) is 4.66. The first-order chi connectivity index (χ1) is 11.2. The van der Waals surface area contributed by atoms with Crippen molar-refractivity contribution in [2.24, 2.45) is 28.1 Å². The minimum Gasteiger partial charge on any atom is -0.396 e. The Balaban J connectivity index is 1.92. The molecule has 4 heteroatoms. The second kappa shape index (κ2) is 6.08. The fourth-order valence-corrected chi connectivity index (χ4v) is 6.26. The molecule has 3 rings (SSSR count). The predicted octanol–water partition coefficient (Wildman–Crippen LogP) is 2.25. The van der Waals surface area contributed by atoms with Gasteiger partial charge in [0.2, 0.25) is 0 Å². The van der Waals surface area contributed by atoms with Crippen molar-refractivity contribution < 1.29 is 20.4 Å². The molecule has 3 aliphatic rings. The van der Waals surface area contributed by atoms with E-state index in [0.29, 0.717) is 18.3 Å². The molecule has 0 saturated heterocycles. The van der Waals surface area contributed by atoms with Gasteiger partial charge in [-0.15, -0.1) is 0 Å². The van der Waals surface area contributed by atoms with E-state index in [1.54, 1.807) is 0 Å². The van der Waals surface area contributed by atoms with Gasteiger partial charge in [0.25, 0.3) is 0 Å². The summed E-state index contributed by atoms with van der Waals surface area (Å²) in [6.07, 6.45) is 6.45. The molecule has 0 spiro atoms. The van der Waals surface area contributed by atoms with Crippen LogP contribution < -0.4 is 0 Å². The van der Waals surface area contributed by atoms with Crippen LogP contribution >= 0.6 is 0 Å². The maximum Gasteiger partial charge on any atom is 0.0851 e. The first-order valence-electron chi connectivity index (χ1n) is 9.48. The van der Waals surface area contributed by atoms with Gasteiger partial charge in [-0.05, 0) is 61.2 Å². The first kappa shape index (κ1) is 18.4. The van der Waals surface area contributed by atoms with Gasteiger partial charge in [0, 0.05) is 5.41 Å². The topological polar surface area (TPSA) is 80.9 Å². The SMILES string of the molecule is CC1(C)[C@H]2CC=C3C[C@](CO)([C@H](O)CO)CC[C@@H]3[C@@]2(C)CC[C@@H]1O. The molecule has 0 bridgehead atoms. The Morgan fingerprint density at radius 1 is 1.17 bits per heavy atom. The maximum absolute atomic E-state index is 10.5. The lowest BCUT2D eigenvalue weighted by atomic mass is 9.45. The summed E-state index contributed by atoms with van der Waals surface area (Å²) in [5, 5.41) is 40.1. The third-order valence-corrected chi connectivity index (χ3v) is 8.05. The summed E-state index contributed by atoms with van der Waals surface area (Å²) < 4.78 is 0. The number of hydrogen-bond donors (Lipinski definition) is 4. The maximum atomic E-state index is 10.5. The second-order valence-corrected chi connectivity index (χ2v) is 9.44. The highest BCUT2D eigenvalue weighted by atomic mass is 16.3. The normalized spacial score (nSPS) is 45.8. The van der Waals surface area contributed by atoms with Gasteiger partial charge in [-0.25, -0.2) is 0 Å². The number of aliphatic hydroxyl groups excluding tert-OH is 4. The van der Waals surface area contributed by atoms with Crippen molar-refractivity contribution in [3.63, 3.8) is 0 Å². The smallest absolute Gasteiger partial charge is 0.0851 e. The van der Waals surface area contributed by atoms with Gasteiger partial charge in [-0.1, -0.05) is 32.4 Å². The van der Waals surface area contributed by atoms with E-state index in [1.807, 2.05) is 0 Å². The summed E-state index contributed by atoms with van der Waals surface area (Å²) in [7, 11) is 0. The van der Waals surface area contributed by atoms with Gasteiger partial charge in [0.1, 0.15) is 0 Å². The van der Waals surface area contributed by atoms with Crippen molar-refractivity contribution >= 4 is 0 Å². The van der Waals surface area contributed by atoms with Crippen LogP contribution in [-0.2, 0) is 0 Å². The average Bonchev–Trinajstić information content (AvgIpc) is 2.57. The third kappa shape index (κ3) is 2.49. The van der Waals surface area contributed by atoms with Gasteiger partial charge >= 0.3 is 0 Å². The van der Waals surface area contributed by atoms with Crippen molar-refractivity contribution in [3.05, 3.63) is 11.6 Å². The van der Waals surface area contributed by atoms with Crippen LogP contribution in [0.15, 0.2) is 11.6 Å². The van der Waals surface area contributed by atoms with E-state index in [4.69, 9.17) is 0 Å². The summed E-state index contributed by atoms with van der Waals surface area (Å²) in [6.45, 7) is 6.42. The zero-order chi connectivity index (χ0) is 17.8. The number of aliphatic hydroxyl groups is 4. The van der Waals surface area contributed by atoms with Gasteiger partial charge in [-0.2, -0.15) is 0 Å². The van der Waals surface area contributed by atoms with Crippen molar-refractivity contribution in [3.8, 4) is 0 Å². The standard InChI is InChI=1S/C20H34O4/c1-18(2)15-5-4-13-10-20(12-22,17(24)11-21)9-6-14(13)19(15,3)8-7-16(18)23/h4,14-17,21-24H,5-12H2,1-3H3/t14-,15+,16-,17+,19+,20+/m0/s1. The third-order valence-electron chi connectivity index (χ3n) is 8.05. The molecule has 4 nitrogen and oxygen atoms in total. The predicted molar refractivity (Wildman–Crippen MR) is 93.3 cm³/mol. The number of hydrogen-bond acceptors (Lipinski definition) is 4. The largest absolute Gasteiger partial charge is 0.396 e. The monoisotopic (exact) mass is 338 g/mol. The summed E-state index contributed by atoms with van der Waals surface area (Å²) in [4.78, 5) is 0. The molecular formula is C20H34O4. The molecule has 0 radical (unpaired) electrons. The summed E-state index contributed by atoms with van der Waals surface area (Å²) >= 11 is 0. The van der Waals surface area contributed by atoms with Crippen molar-refractivity contribution in [2.45, 2.75) is 71.5 Å². The van der Waals surface area contributed by atoms with Crippen molar-refractivity contribution in [2.75, 3.05) is 13.2 Å². The van der Waals surface area contributed by atoms with E-state index in [-0.39, 0.29) is 30.1 Å². The lowest BCUT2D eigenvalue weighted by molar-refractivity contribution is -0.130. The molecule has 138 valence electrons. The molecule has 0 amide bonds. The Hall–Kier alpha value is -0.420. The van der Waals surface area contributed by atoms with E-state index in [1.165, 1.54) is 5.57 Å². The number of rotatable bonds is 3. The Bertz CT molecular complexity index is 514. The highest BCUT2D eigenvalue weighted by molar-refractivity contribution is 5.25. The molecular weight excluding hydrogens is 304 g/mol. The fourth-order valence-electron chi connectivity index (χ4n) is 6.26. The lowest BCUT2D eigenvalue weighted by Gasteiger charge is -2.61. The van der Waals surface area contributed by atoms with Crippen LogP contribution in [0.5, 0.6) is 0 Å². The number of allylic oxidation sites excluding steroid dienone is 2. The average molecular weight is 338 g/mol. The fraction of sp³-hybridized carbons (Fsp3) is 0.900. The van der Waals surface area contributed by atoms with E-state index >= 15 is 0 Å². The van der Waals surface area contributed by atoms with Crippen LogP contribution in [0, 0.1) is 28.1 Å². The zero-order valence-corrected chi connectivity index (χ0v) is 15.3. The summed E-state index contributed by atoms with van der Waals surface area (Å²) in [5.74, 6) is 0.931. The van der Waals surface area contributed by atoms with Crippen LogP contribution in [-0.4, -0.2) is 45.8 Å². The van der Waals surface area contributed by atoms with Crippen LogP contribution in [0.4, 0.5) is 0 Å². The molecule has 2 saturated carbocycles. The summed E-state index contributed by atoms with van der Waals surface area (Å²) in [6, 6.07) is 0. The van der Waals surface area contributed by atoms with Crippen LogP contribution in [0.1, 0.15) is 59.3 Å². The highest BCUT2D eigenvalue weighted by Gasteiger charge is 2.57.